The van der Waals surface area contributed by atoms with Crippen LogP contribution in [0, 0.1) is 0 Å². The molecule has 3 nitrogen and oxygen atoms in total. The van der Waals surface area contributed by atoms with Gasteiger partial charge in [0.2, 0.25) is 0 Å². The van der Waals surface area contributed by atoms with Crippen LogP contribution >= 0.6 is 0 Å². The van der Waals surface area contributed by atoms with Crippen LogP contribution in [0.4, 0.5) is 4.79 Å². The number of carbonyl (C=O) groups is 1. The fraction of sp³-hybridized carbons (Fsp3) is 0.611. The Morgan fingerprint density at radius 2 is 1.14 bits per heavy atom. The van der Waals surface area contributed by atoms with Gasteiger partial charge < -0.3 is 10.5 Å². The summed E-state index contributed by atoms with van der Waals surface area (Å²) in [7, 11) is 0. The van der Waals surface area contributed by atoms with Crippen molar-refractivity contribution in [3.63, 3.8) is 0 Å². The Bertz CT molecular complexity index is 499. The molecule has 21 heavy (non-hydrogen) atoms. The van der Waals surface area contributed by atoms with E-state index in [1.165, 1.54) is 11.1 Å². The molecule has 1 aromatic carbocycles. The Hall–Kier alpha value is -1.51. The van der Waals surface area contributed by atoms with Crippen LogP contribution < -0.4 is 5.73 Å². The summed E-state index contributed by atoms with van der Waals surface area (Å²) in [4.78, 5) is 11.2. The fourth-order valence-corrected chi connectivity index (χ4v) is 2.15. The molecule has 0 spiro atoms. The number of nitrogens with two attached hydrogens (primary N) is 1. The summed E-state index contributed by atoms with van der Waals surface area (Å²) in [5.41, 5.74) is 7.94. The molecule has 0 aliphatic carbocycles. The molecular formula is C18H29NO2. The second kappa shape index (κ2) is 5.36. The van der Waals surface area contributed by atoms with E-state index in [0.717, 1.165) is 5.56 Å². The van der Waals surface area contributed by atoms with Gasteiger partial charge in [0.15, 0.2) is 0 Å². The number of amides is 1. The van der Waals surface area contributed by atoms with Crippen LogP contribution in [0.2, 0.25) is 0 Å². The van der Waals surface area contributed by atoms with E-state index in [4.69, 9.17) is 10.5 Å². The Balaban J connectivity index is 3.49. The summed E-state index contributed by atoms with van der Waals surface area (Å²) >= 11 is 0. The molecular weight excluding hydrogens is 262 g/mol. The van der Waals surface area contributed by atoms with Crippen LogP contribution in [0.5, 0.6) is 0 Å². The van der Waals surface area contributed by atoms with Gasteiger partial charge in [0.1, 0.15) is 5.60 Å². The SMILES string of the molecule is CC(C)(C)c1cc(C(C)(C)C)cc(C(C)(C)OC(N)=O)c1. The third-order valence-corrected chi connectivity index (χ3v) is 3.72. The second-order valence-electron chi connectivity index (χ2n) is 8.23. The number of primary amides is 1. The summed E-state index contributed by atoms with van der Waals surface area (Å²) in [6.45, 7) is 16.8. The minimum absolute atomic E-state index is 0.0266. The predicted molar refractivity (Wildman–Crippen MR) is 87.5 cm³/mol. The zero-order chi connectivity index (χ0) is 16.6. The zero-order valence-electron chi connectivity index (χ0n) is 14.6. The number of rotatable bonds is 2. The van der Waals surface area contributed by atoms with Crippen molar-refractivity contribution in [2.24, 2.45) is 5.73 Å². The second-order valence-corrected chi connectivity index (χ2v) is 8.23. The average Bonchev–Trinajstić information content (AvgIpc) is 2.24. The summed E-state index contributed by atoms with van der Waals surface area (Å²) in [5.74, 6) is 0. The molecule has 0 bridgehead atoms. The van der Waals surface area contributed by atoms with E-state index in [1.54, 1.807) is 0 Å². The van der Waals surface area contributed by atoms with Gasteiger partial charge >= 0.3 is 6.09 Å². The van der Waals surface area contributed by atoms with Gasteiger partial charge in [-0.05, 0) is 41.4 Å². The minimum atomic E-state index is -0.751. The van der Waals surface area contributed by atoms with Gasteiger partial charge in [-0.3, -0.25) is 0 Å². The third kappa shape index (κ3) is 4.48. The van der Waals surface area contributed by atoms with Crippen molar-refractivity contribution in [1.29, 1.82) is 0 Å². The lowest BCUT2D eigenvalue weighted by molar-refractivity contribution is 0.0430. The van der Waals surface area contributed by atoms with E-state index in [9.17, 15) is 4.79 Å². The largest absolute Gasteiger partial charge is 0.439 e. The van der Waals surface area contributed by atoms with E-state index < -0.39 is 11.7 Å². The number of carbonyl (C=O) groups excluding carboxylic acids is 1. The molecule has 0 saturated carbocycles. The van der Waals surface area contributed by atoms with Crippen molar-refractivity contribution in [2.45, 2.75) is 71.8 Å². The van der Waals surface area contributed by atoms with Crippen LogP contribution in [0.3, 0.4) is 0 Å². The van der Waals surface area contributed by atoms with E-state index >= 15 is 0 Å². The first kappa shape index (κ1) is 17.5. The van der Waals surface area contributed by atoms with Crippen LogP contribution in [-0.4, -0.2) is 6.09 Å². The van der Waals surface area contributed by atoms with E-state index in [2.05, 4.69) is 59.7 Å². The highest BCUT2D eigenvalue weighted by atomic mass is 16.6. The molecule has 0 aromatic heterocycles. The molecule has 0 saturated heterocycles. The average molecular weight is 291 g/mol. The van der Waals surface area contributed by atoms with Gasteiger partial charge in [-0.1, -0.05) is 59.7 Å². The van der Waals surface area contributed by atoms with Crippen molar-refractivity contribution in [2.75, 3.05) is 0 Å². The number of benzene rings is 1. The molecule has 0 aliphatic heterocycles. The van der Waals surface area contributed by atoms with Crippen LogP contribution in [0.25, 0.3) is 0 Å². The monoisotopic (exact) mass is 291 g/mol. The Morgan fingerprint density at radius 3 is 1.43 bits per heavy atom. The lowest BCUT2D eigenvalue weighted by atomic mass is 9.78. The highest BCUT2D eigenvalue weighted by molar-refractivity contribution is 5.65. The maximum atomic E-state index is 11.2. The quantitative estimate of drug-likeness (QED) is 0.865. The molecule has 0 radical (unpaired) electrons. The van der Waals surface area contributed by atoms with Crippen LogP contribution in [-0.2, 0) is 21.2 Å². The van der Waals surface area contributed by atoms with Gasteiger partial charge in [0, 0.05) is 0 Å². The summed E-state index contributed by atoms with van der Waals surface area (Å²) in [6.07, 6.45) is -0.751. The molecule has 0 unspecified atom stereocenters. The lowest BCUT2D eigenvalue weighted by Crippen LogP contribution is -2.30. The zero-order valence-corrected chi connectivity index (χ0v) is 14.6. The van der Waals surface area contributed by atoms with Crippen molar-refractivity contribution in [3.05, 3.63) is 34.9 Å². The Labute approximate surface area is 128 Å². The van der Waals surface area contributed by atoms with Crippen molar-refractivity contribution in [3.8, 4) is 0 Å². The van der Waals surface area contributed by atoms with Gasteiger partial charge in [0.05, 0.1) is 0 Å². The summed E-state index contributed by atoms with van der Waals surface area (Å²) in [5, 5.41) is 0. The maximum absolute atomic E-state index is 11.2. The predicted octanol–water partition coefficient (Wildman–Crippen LogP) is 4.61. The highest BCUT2D eigenvalue weighted by Crippen LogP contribution is 2.35. The molecule has 1 amide bonds. The number of ether oxygens (including phenoxy) is 1. The Kier molecular flexibility index (Phi) is 4.48. The minimum Gasteiger partial charge on any atom is -0.439 e. The van der Waals surface area contributed by atoms with Crippen LogP contribution in [0.1, 0.15) is 72.1 Å². The van der Waals surface area contributed by atoms with Crippen molar-refractivity contribution in [1.82, 2.24) is 0 Å². The summed E-state index contributed by atoms with van der Waals surface area (Å²) < 4.78 is 5.30. The smallest absolute Gasteiger partial charge is 0.405 e. The molecule has 3 heteroatoms. The molecule has 0 atom stereocenters. The first-order valence-corrected chi connectivity index (χ1v) is 7.38. The normalized spacial score (nSPS) is 13.1. The lowest BCUT2D eigenvalue weighted by Gasteiger charge is -2.31. The van der Waals surface area contributed by atoms with Gasteiger partial charge in [-0.2, -0.15) is 0 Å². The highest BCUT2D eigenvalue weighted by Gasteiger charge is 2.28. The first-order valence-electron chi connectivity index (χ1n) is 7.38. The topological polar surface area (TPSA) is 52.3 Å². The molecule has 1 rings (SSSR count). The molecule has 118 valence electrons. The van der Waals surface area contributed by atoms with Gasteiger partial charge in [-0.25, -0.2) is 4.79 Å². The molecule has 2 N–H and O–H groups in total. The van der Waals surface area contributed by atoms with Gasteiger partial charge in [0.25, 0.3) is 0 Å². The molecule has 0 aliphatic rings. The summed E-state index contributed by atoms with van der Waals surface area (Å²) in [6, 6.07) is 6.46. The third-order valence-electron chi connectivity index (χ3n) is 3.72. The van der Waals surface area contributed by atoms with Crippen molar-refractivity contribution < 1.29 is 9.53 Å². The Morgan fingerprint density at radius 1 is 0.810 bits per heavy atom. The molecule has 0 heterocycles. The standard InChI is InChI=1S/C18H29NO2/c1-16(2,3)12-9-13(17(4,5)6)11-14(10-12)18(7,8)21-15(19)20/h9-11H,1-8H3,(H2,19,20). The van der Waals surface area contributed by atoms with Gasteiger partial charge in [-0.15, -0.1) is 0 Å². The van der Waals surface area contributed by atoms with Crippen molar-refractivity contribution >= 4 is 6.09 Å². The number of hydrogen-bond donors (Lipinski definition) is 1. The number of hydrogen-bond acceptors (Lipinski definition) is 2. The van der Waals surface area contributed by atoms with E-state index in [1.807, 2.05) is 13.8 Å². The van der Waals surface area contributed by atoms with Crippen LogP contribution in [0.15, 0.2) is 18.2 Å². The molecule has 1 aromatic rings. The van der Waals surface area contributed by atoms with E-state index in [0.29, 0.717) is 0 Å². The molecule has 0 fully saturated rings. The maximum Gasteiger partial charge on any atom is 0.405 e. The first-order chi connectivity index (χ1) is 9.23. The fourth-order valence-electron chi connectivity index (χ4n) is 2.15. The van der Waals surface area contributed by atoms with E-state index in [-0.39, 0.29) is 10.8 Å².